The molecule has 112 valence electrons. The molecule has 2 rings (SSSR count). The Labute approximate surface area is 136 Å². The summed E-state index contributed by atoms with van der Waals surface area (Å²) in [7, 11) is 1.67. The summed E-state index contributed by atoms with van der Waals surface area (Å²) in [6.45, 7) is 2.92. The maximum atomic E-state index is 6.34. The van der Waals surface area contributed by atoms with Crippen molar-refractivity contribution in [2.24, 2.45) is 0 Å². The Morgan fingerprint density at radius 2 is 1.76 bits per heavy atom. The van der Waals surface area contributed by atoms with Gasteiger partial charge in [0.1, 0.15) is 5.75 Å². The molecule has 0 fully saturated rings. The minimum absolute atomic E-state index is 0.0725. The zero-order valence-corrected chi connectivity index (χ0v) is 13.7. The number of nitrogens with one attached hydrogen (secondary N) is 1. The summed E-state index contributed by atoms with van der Waals surface area (Å²) >= 11 is 12.7. The fourth-order valence-corrected chi connectivity index (χ4v) is 3.06. The van der Waals surface area contributed by atoms with Gasteiger partial charge in [-0.3, -0.25) is 0 Å². The van der Waals surface area contributed by atoms with E-state index in [-0.39, 0.29) is 6.04 Å². The molecule has 2 aromatic rings. The third kappa shape index (κ3) is 4.13. The lowest BCUT2D eigenvalue weighted by Crippen LogP contribution is -2.23. The summed E-state index contributed by atoms with van der Waals surface area (Å²) in [5.41, 5.74) is 2.13. The second kappa shape index (κ2) is 7.69. The van der Waals surface area contributed by atoms with E-state index in [1.54, 1.807) is 7.11 Å². The molecule has 2 nitrogen and oxygen atoms in total. The highest BCUT2D eigenvalue weighted by molar-refractivity contribution is 6.36. The van der Waals surface area contributed by atoms with Gasteiger partial charge in [0.05, 0.1) is 7.11 Å². The lowest BCUT2D eigenvalue weighted by atomic mass is 9.98. The Morgan fingerprint density at radius 1 is 1.10 bits per heavy atom. The highest BCUT2D eigenvalue weighted by Crippen LogP contribution is 2.32. The van der Waals surface area contributed by atoms with Gasteiger partial charge in [-0.1, -0.05) is 48.3 Å². The van der Waals surface area contributed by atoms with Crippen LogP contribution in [-0.4, -0.2) is 13.7 Å². The maximum Gasteiger partial charge on any atom is 0.119 e. The van der Waals surface area contributed by atoms with E-state index in [1.807, 2.05) is 36.4 Å². The summed E-state index contributed by atoms with van der Waals surface area (Å²) in [5.74, 6) is 0.855. The van der Waals surface area contributed by atoms with Gasteiger partial charge in [-0.25, -0.2) is 0 Å². The first kappa shape index (κ1) is 16.2. The van der Waals surface area contributed by atoms with Gasteiger partial charge >= 0.3 is 0 Å². The van der Waals surface area contributed by atoms with Crippen LogP contribution in [0.2, 0.25) is 10.0 Å². The Hall–Kier alpha value is -1.22. The second-order valence-corrected chi connectivity index (χ2v) is 5.62. The van der Waals surface area contributed by atoms with Crippen LogP contribution in [0, 0.1) is 0 Å². The second-order valence-electron chi connectivity index (χ2n) is 4.80. The van der Waals surface area contributed by atoms with Gasteiger partial charge in [-0.05, 0) is 42.8 Å². The van der Waals surface area contributed by atoms with Crippen LogP contribution < -0.4 is 10.1 Å². The van der Waals surface area contributed by atoms with E-state index in [9.17, 15) is 0 Å². The highest BCUT2D eigenvalue weighted by Gasteiger charge is 2.17. The summed E-state index contributed by atoms with van der Waals surface area (Å²) in [5, 5.41) is 4.84. The maximum absolute atomic E-state index is 6.34. The number of likely N-dealkylation sites (N-methyl/N-ethyl adjacent to an activating group) is 1. The van der Waals surface area contributed by atoms with Crippen molar-refractivity contribution in [3.63, 3.8) is 0 Å². The van der Waals surface area contributed by atoms with Crippen LogP contribution in [0.25, 0.3) is 0 Å². The molecule has 1 atom stereocenters. The predicted molar refractivity (Wildman–Crippen MR) is 89.6 cm³/mol. The first-order valence-electron chi connectivity index (χ1n) is 6.96. The molecule has 0 aromatic heterocycles. The first-order valence-corrected chi connectivity index (χ1v) is 7.71. The van der Waals surface area contributed by atoms with E-state index < -0.39 is 0 Å². The van der Waals surface area contributed by atoms with E-state index in [0.717, 1.165) is 24.3 Å². The van der Waals surface area contributed by atoms with E-state index >= 15 is 0 Å². The van der Waals surface area contributed by atoms with Crippen LogP contribution in [0.1, 0.15) is 24.1 Å². The molecule has 0 amide bonds. The summed E-state index contributed by atoms with van der Waals surface area (Å²) in [6, 6.07) is 13.7. The van der Waals surface area contributed by atoms with Crippen molar-refractivity contribution in [3.8, 4) is 5.75 Å². The van der Waals surface area contributed by atoms with Gasteiger partial charge in [0.15, 0.2) is 0 Å². The van der Waals surface area contributed by atoms with Crippen molar-refractivity contribution < 1.29 is 4.74 Å². The molecule has 2 aromatic carbocycles. The Kier molecular flexibility index (Phi) is 5.92. The van der Waals surface area contributed by atoms with Crippen molar-refractivity contribution in [1.29, 1.82) is 0 Å². The molecule has 0 heterocycles. The van der Waals surface area contributed by atoms with E-state index in [1.165, 1.54) is 5.56 Å². The van der Waals surface area contributed by atoms with Gasteiger partial charge in [0.2, 0.25) is 0 Å². The molecule has 0 aliphatic heterocycles. The number of halogens is 2. The quantitative estimate of drug-likeness (QED) is 0.816. The molecule has 0 saturated heterocycles. The standard InChI is InChI=1S/C17H19Cl2NO/c1-3-20-16(17-14(18)8-5-9-15(17)19)11-12-6-4-7-13(10-12)21-2/h4-10,16,20H,3,11H2,1-2H3. The van der Waals surface area contributed by atoms with Crippen molar-refractivity contribution in [1.82, 2.24) is 5.32 Å². The molecule has 0 radical (unpaired) electrons. The van der Waals surface area contributed by atoms with Crippen LogP contribution in [0.3, 0.4) is 0 Å². The molecule has 4 heteroatoms. The van der Waals surface area contributed by atoms with Crippen molar-refractivity contribution in [2.75, 3.05) is 13.7 Å². The molecule has 0 saturated carbocycles. The van der Waals surface area contributed by atoms with Crippen LogP contribution >= 0.6 is 23.2 Å². The third-order valence-electron chi connectivity index (χ3n) is 3.37. The molecule has 1 N–H and O–H groups in total. The number of hydrogen-bond donors (Lipinski definition) is 1. The molecule has 0 aliphatic carbocycles. The van der Waals surface area contributed by atoms with Crippen molar-refractivity contribution >= 4 is 23.2 Å². The monoisotopic (exact) mass is 323 g/mol. The lowest BCUT2D eigenvalue weighted by molar-refractivity contribution is 0.414. The molecule has 0 spiro atoms. The van der Waals surface area contributed by atoms with Gasteiger partial charge in [0.25, 0.3) is 0 Å². The predicted octanol–water partition coefficient (Wildman–Crippen LogP) is 4.90. The average Bonchev–Trinajstić information content (AvgIpc) is 2.47. The van der Waals surface area contributed by atoms with Crippen LogP contribution in [0.5, 0.6) is 5.75 Å². The third-order valence-corrected chi connectivity index (χ3v) is 4.03. The van der Waals surface area contributed by atoms with E-state index in [0.29, 0.717) is 10.0 Å². The molecule has 0 bridgehead atoms. The molecule has 1 unspecified atom stereocenters. The van der Waals surface area contributed by atoms with Gasteiger partial charge in [-0.15, -0.1) is 0 Å². The molecule has 21 heavy (non-hydrogen) atoms. The number of ether oxygens (including phenoxy) is 1. The fraction of sp³-hybridized carbons (Fsp3) is 0.294. The van der Waals surface area contributed by atoms with Crippen molar-refractivity contribution in [2.45, 2.75) is 19.4 Å². The summed E-state index contributed by atoms with van der Waals surface area (Å²) in [4.78, 5) is 0. The summed E-state index contributed by atoms with van der Waals surface area (Å²) < 4.78 is 5.28. The molecular weight excluding hydrogens is 305 g/mol. The zero-order chi connectivity index (χ0) is 15.2. The number of benzene rings is 2. The number of rotatable bonds is 6. The van der Waals surface area contributed by atoms with E-state index in [4.69, 9.17) is 27.9 Å². The molecular formula is C17H19Cl2NO. The smallest absolute Gasteiger partial charge is 0.119 e. The topological polar surface area (TPSA) is 21.3 Å². The lowest BCUT2D eigenvalue weighted by Gasteiger charge is -2.21. The van der Waals surface area contributed by atoms with Crippen LogP contribution in [0.4, 0.5) is 0 Å². The Morgan fingerprint density at radius 3 is 2.38 bits per heavy atom. The summed E-state index contributed by atoms with van der Waals surface area (Å²) in [6.07, 6.45) is 0.800. The van der Waals surface area contributed by atoms with Gasteiger partial charge < -0.3 is 10.1 Å². The SMILES string of the molecule is CCNC(Cc1cccc(OC)c1)c1c(Cl)cccc1Cl. The fourth-order valence-electron chi connectivity index (χ4n) is 2.40. The van der Waals surface area contributed by atoms with E-state index in [2.05, 4.69) is 18.3 Å². The first-order chi connectivity index (χ1) is 10.2. The number of hydrogen-bond acceptors (Lipinski definition) is 2. The molecule has 0 aliphatic rings. The van der Waals surface area contributed by atoms with Gasteiger partial charge in [-0.2, -0.15) is 0 Å². The normalized spacial score (nSPS) is 12.2. The average molecular weight is 324 g/mol. The van der Waals surface area contributed by atoms with Gasteiger partial charge in [0, 0.05) is 21.7 Å². The minimum Gasteiger partial charge on any atom is -0.497 e. The Bertz CT molecular complexity index is 581. The van der Waals surface area contributed by atoms with Crippen LogP contribution in [0.15, 0.2) is 42.5 Å². The van der Waals surface area contributed by atoms with Crippen LogP contribution in [-0.2, 0) is 6.42 Å². The van der Waals surface area contributed by atoms with Crippen molar-refractivity contribution in [3.05, 3.63) is 63.6 Å². The number of methoxy groups -OCH3 is 1. The highest BCUT2D eigenvalue weighted by atomic mass is 35.5. The Balaban J connectivity index is 2.30. The largest absolute Gasteiger partial charge is 0.497 e. The minimum atomic E-state index is 0.0725. The zero-order valence-electron chi connectivity index (χ0n) is 12.2.